The van der Waals surface area contributed by atoms with Gasteiger partial charge in [-0.25, -0.2) is 0 Å². The molecule has 0 aromatic heterocycles. The Labute approximate surface area is 131 Å². The van der Waals surface area contributed by atoms with Crippen molar-refractivity contribution in [2.75, 3.05) is 12.4 Å². The van der Waals surface area contributed by atoms with Gasteiger partial charge in [-0.2, -0.15) is 0 Å². The van der Waals surface area contributed by atoms with E-state index in [1.807, 2.05) is 11.8 Å². The first-order valence-corrected chi connectivity index (χ1v) is 8.48. The normalized spacial score (nSPS) is 17.6. The van der Waals surface area contributed by atoms with E-state index in [2.05, 4.69) is 69.3 Å². The van der Waals surface area contributed by atoms with Crippen molar-refractivity contribution in [3.63, 3.8) is 0 Å². The Balaban J connectivity index is 1.75. The van der Waals surface area contributed by atoms with Gasteiger partial charge in [0.2, 0.25) is 0 Å². The second-order valence-corrected chi connectivity index (χ2v) is 7.66. The summed E-state index contributed by atoms with van der Waals surface area (Å²) >= 11 is 1.94. The second kappa shape index (κ2) is 5.76. The molecule has 0 spiro atoms. The molecule has 1 unspecified atom stereocenters. The van der Waals surface area contributed by atoms with Crippen molar-refractivity contribution >= 4 is 11.8 Å². The maximum absolute atomic E-state index is 6.19. The lowest BCUT2D eigenvalue weighted by Gasteiger charge is -2.23. The molecule has 1 aliphatic rings. The van der Waals surface area contributed by atoms with Gasteiger partial charge in [0.15, 0.2) is 0 Å². The van der Waals surface area contributed by atoms with Crippen LogP contribution in [0.25, 0.3) is 0 Å². The van der Waals surface area contributed by atoms with Crippen molar-refractivity contribution in [1.29, 1.82) is 0 Å². The van der Waals surface area contributed by atoms with Gasteiger partial charge in [0, 0.05) is 16.6 Å². The average molecular weight is 298 g/mol. The van der Waals surface area contributed by atoms with Gasteiger partial charge in [-0.3, -0.25) is 0 Å². The number of thioether (sulfide) groups is 1. The van der Waals surface area contributed by atoms with Crippen LogP contribution >= 0.6 is 11.8 Å². The minimum Gasteiger partial charge on any atom is -0.493 e. The summed E-state index contributed by atoms with van der Waals surface area (Å²) in [7, 11) is 0. The molecule has 1 heterocycles. The highest BCUT2D eigenvalue weighted by Crippen LogP contribution is 2.40. The largest absolute Gasteiger partial charge is 0.493 e. The molecule has 21 heavy (non-hydrogen) atoms. The Morgan fingerprint density at radius 1 is 1.05 bits per heavy atom. The van der Waals surface area contributed by atoms with E-state index in [0.717, 1.165) is 18.1 Å². The fourth-order valence-electron chi connectivity index (χ4n) is 2.77. The summed E-state index contributed by atoms with van der Waals surface area (Å²) in [5, 5.41) is 0. The smallest absolute Gasteiger partial charge is 0.123 e. The second-order valence-electron chi connectivity index (χ2n) is 6.60. The fourth-order valence-corrected chi connectivity index (χ4v) is 4.00. The quantitative estimate of drug-likeness (QED) is 0.765. The summed E-state index contributed by atoms with van der Waals surface area (Å²) in [5.41, 5.74) is 2.83. The standard InChI is InChI=1S/C19H22OS/c1-19(2,3)16-9-5-6-10-17(16)20-12-14-13-21-18-11-7-4-8-15(14)18/h4-11,14H,12-13H2,1-3H3. The van der Waals surface area contributed by atoms with Gasteiger partial charge in [-0.05, 0) is 28.7 Å². The molecule has 0 amide bonds. The van der Waals surface area contributed by atoms with Crippen LogP contribution in [0.15, 0.2) is 53.4 Å². The first kappa shape index (κ1) is 14.5. The van der Waals surface area contributed by atoms with Crippen LogP contribution in [0.2, 0.25) is 0 Å². The van der Waals surface area contributed by atoms with E-state index < -0.39 is 0 Å². The van der Waals surface area contributed by atoms with Gasteiger partial charge in [-0.15, -0.1) is 11.8 Å². The third-order valence-corrected chi connectivity index (χ3v) is 5.19. The first-order valence-electron chi connectivity index (χ1n) is 7.50. The SMILES string of the molecule is CC(C)(C)c1ccccc1OCC1CSc2ccccc21. The van der Waals surface area contributed by atoms with Gasteiger partial charge < -0.3 is 4.74 Å². The van der Waals surface area contributed by atoms with Crippen LogP contribution in [-0.2, 0) is 5.41 Å². The highest BCUT2D eigenvalue weighted by molar-refractivity contribution is 7.99. The van der Waals surface area contributed by atoms with Gasteiger partial charge in [-0.1, -0.05) is 57.2 Å². The molecule has 110 valence electrons. The third-order valence-electron chi connectivity index (χ3n) is 3.93. The number of fused-ring (bicyclic) bond motifs is 1. The molecular weight excluding hydrogens is 276 g/mol. The van der Waals surface area contributed by atoms with Gasteiger partial charge in [0.1, 0.15) is 5.75 Å². The molecule has 0 saturated heterocycles. The van der Waals surface area contributed by atoms with Crippen molar-refractivity contribution in [3.8, 4) is 5.75 Å². The maximum Gasteiger partial charge on any atom is 0.123 e. The molecule has 1 atom stereocenters. The molecule has 2 aromatic carbocycles. The van der Waals surface area contributed by atoms with Gasteiger partial charge in [0.25, 0.3) is 0 Å². The predicted molar refractivity (Wildman–Crippen MR) is 90.5 cm³/mol. The third kappa shape index (κ3) is 3.11. The summed E-state index contributed by atoms with van der Waals surface area (Å²) in [6.07, 6.45) is 0. The zero-order chi connectivity index (χ0) is 14.9. The number of hydrogen-bond acceptors (Lipinski definition) is 2. The lowest BCUT2D eigenvalue weighted by molar-refractivity contribution is 0.290. The lowest BCUT2D eigenvalue weighted by atomic mass is 9.86. The number of para-hydroxylation sites is 1. The van der Waals surface area contributed by atoms with Crippen LogP contribution < -0.4 is 4.74 Å². The molecule has 0 aliphatic carbocycles. The Bertz CT molecular complexity index is 627. The Morgan fingerprint density at radius 2 is 1.76 bits per heavy atom. The zero-order valence-corrected chi connectivity index (χ0v) is 13.7. The maximum atomic E-state index is 6.19. The van der Waals surface area contributed by atoms with Crippen molar-refractivity contribution in [2.24, 2.45) is 0 Å². The Morgan fingerprint density at radius 3 is 2.57 bits per heavy atom. The van der Waals surface area contributed by atoms with Crippen molar-refractivity contribution < 1.29 is 4.74 Å². The van der Waals surface area contributed by atoms with E-state index in [9.17, 15) is 0 Å². The monoisotopic (exact) mass is 298 g/mol. The molecule has 0 bridgehead atoms. The van der Waals surface area contributed by atoms with Crippen molar-refractivity contribution in [1.82, 2.24) is 0 Å². The number of hydrogen-bond donors (Lipinski definition) is 0. The van der Waals surface area contributed by atoms with E-state index in [1.165, 1.54) is 16.0 Å². The van der Waals surface area contributed by atoms with E-state index in [1.54, 1.807) is 0 Å². The molecule has 0 saturated carbocycles. The molecule has 2 heteroatoms. The minimum atomic E-state index is 0.110. The van der Waals surface area contributed by atoms with Crippen molar-refractivity contribution in [3.05, 3.63) is 59.7 Å². The van der Waals surface area contributed by atoms with Crippen LogP contribution in [0, 0.1) is 0 Å². The van der Waals surface area contributed by atoms with Crippen LogP contribution in [-0.4, -0.2) is 12.4 Å². The number of rotatable bonds is 3. The highest BCUT2D eigenvalue weighted by Gasteiger charge is 2.24. The Hall–Kier alpha value is -1.41. The van der Waals surface area contributed by atoms with E-state index >= 15 is 0 Å². The molecule has 1 aliphatic heterocycles. The van der Waals surface area contributed by atoms with E-state index in [0.29, 0.717) is 5.92 Å². The molecule has 0 radical (unpaired) electrons. The van der Waals surface area contributed by atoms with Gasteiger partial charge in [0.05, 0.1) is 6.61 Å². The zero-order valence-electron chi connectivity index (χ0n) is 12.9. The summed E-state index contributed by atoms with van der Waals surface area (Å²) in [4.78, 5) is 1.41. The summed E-state index contributed by atoms with van der Waals surface area (Å²) in [5.74, 6) is 2.65. The summed E-state index contributed by atoms with van der Waals surface area (Å²) < 4.78 is 6.19. The lowest BCUT2D eigenvalue weighted by Crippen LogP contribution is -2.16. The predicted octanol–water partition coefficient (Wildman–Crippen LogP) is 5.25. The molecular formula is C19H22OS. The van der Waals surface area contributed by atoms with Gasteiger partial charge >= 0.3 is 0 Å². The molecule has 2 aromatic rings. The average Bonchev–Trinajstić information content (AvgIpc) is 2.88. The van der Waals surface area contributed by atoms with Crippen LogP contribution in [0.1, 0.15) is 37.8 Å². The number of benzene rings is 2. The van der Waals surface area contributed by atoms with Crippen LogP contribution in [0.4, 0.5) is 0 Å². The van der Waals surface area contributed by atoms with Crippen LogP contribution in [0.3, 0.4) is 0 Å². The van der Waals surface area contributed by atoms with Crippen LogP contribution in [0.5, 0.6) is 5.75 Å². The minimum absolute atomic E-state index is 0.110. The number of ether oxygens (including phenoxy) is 1. The molecule has 1 nitrogen and oxygen atoms in total. The first-order chi connectivity index (χ1) is 10.1. The molecule has 3 rings (SSSR count). The summed E-state index contributed by atoms with van der Waals surface area (Å²) in [6.45, 7) is 7.46. The molecule has 0 N–H and O–H groups in total. The summed E-state index contributed by atoms with van der Waals surface area (Å²) in [6, 6.07) is 17.1. The van der Waals surface area contributed by atoms with Crippen molar-refractivity contribution in [2.45, 2.75) is 37.0 Å². The highest BCUT2D eigenvalue weighted by atomic mass is 32.2. The fraction of sp³-hybridized carbons (Fsp3) is 0.368. The Kier molecular flexibility index (Phi) is 3.99. The topological polar surface area (TPSA) is 9.23 Å². The van der Waals surface area contributed by atoms with E-state index in [4.69, 9.17) is 4.74 Å². The van der Waals surface area contributed by atoms with E-state index in [-0.39, 0.29) is 5.41 Å². The molecule has 0 fully saturated rings.